The first-order valence-electron chi connectivity index (χ1n) is 12.3. The lowest BCUT2D eigenvalue weighted by Gasteiger charge is -2.35. The summed E-state index contributed by atoms with van der Waals surface area (Å²) in [6, 6.07) is 9.71. The zero-order valence-electron chi connectivity index (χ0n) is 21.3. The minimum atomic E-state index is -1.45. The van der Waals surface area contributed by atoms with Crippen molar-refractivity contribution in [2.24, 2.45) is 0 Å². The molecule has 0 radical (unpaired) electrons. The topological polar surface area (TPSA) is 97.3 Å². The van der Waals surface area contributed by atoms with Crippen molar-refractivity contribution in [3.63, 3.8) is 0 Å². The zero-order valence-corrected chi connectivity index (χ0v) is 21.3. The van der Waals surface area contributed by atoms with Gasteiger partial charge in [0.15, 0.2) is 17.1 Å². The molecule has 0 unspecified atom stereocenters. The Morgan fingerprint density at radius 2 is 1.69 bits per heavy atom. The Labute approximate surface area is 211 Å². The Balaban J connectivity index is 1.95. The van der Waals surface area contributed by atoms with Crippen molar-refractivity contribution in [3.05, 3.63) is 53.3 Å². The molecule has 0 bridgehead atoms. The van der Waals surface area contributed by atoms with E-state index < -0.39 is 17.4 Å². The van der Waals surface area contributed by atoms with Gasteiger partial charge in [0.1, 0.15) is 5.75 Å². The molecule has 3 rings (SSSR count). The Bertz CT molecular complexity index is 1040. The lowest BCUT2D eigenvalue weighted by Crippen LogP contribution is -2.45. The predicted molar refractivity (Wildman–Crippen MR) is 133 cm³/mol. The summed E-state index contributed by atoms with van der Waals surface area (Å²) in [4.78, 5) is 27.0. The molecular formula is C27H35FN2O6. The Morgan fingerprint density at radius 1 is 1.08 bits per heavy atom. The molecule has 8 nitrogen and oxygen atoms in total. The second-order valence-electron chi connectivity index (χ2n) is 9.13. The van der Waals surface area contributed by atoms with Crippen LogP contribution in [0.2, 0.25) is 0 Å². The molecule has 0 aliphatic carbocycles. The highest BCUT2D eigenvalue weighted by molar-refractivity contribution is 5.95. The van der Waals surface area contributed by atoms with E-state index >= 15 is 0 Å². The van der Waals surface area contributed by atoms with E-state index in [9.17, 15) is 19.1 Å². The molecule has 0 atom stereocenters. The molecule has 9 heteroatoms. The summed E-state index contributed by atoms with van der Waals surface area (Å²) in [5, 5.41) is 12.7. The van der Waals surface area contributed by atoms with Gasteiger partial charge < -0.3 is 29.5 Å². The molecule has 1 fully saturated rings. The van der Waals surface area contributed by atoms with Crippen LogP contribution in [0.15, 0.2) is 36.4 Å². The summed E-state index contributed by atoms with van der Waals surface area (Å²) in [5.74, 6) is -1.43. The lowest BCUT2D eigenvalue weighted by atomic mass is 10.0. The SMILES string of the molecule is CCOc1cc(CN(C(=O)c2cccc(OC(C)(C)C(=O)O)c2)C2CCNCC2)cc(OCC)c1F. The van der Waals surface area contributed by atoms with Crippen LogP contribution in [0.4, 0.5) is 4.39 Å². The van der Waals surface area contributed by atoms with Gasteiger partial charge in [0, 0.05) is 18.2 Å². The van der Waals surface area contributed by atoms with Gasteiger partial charge in [0.05, 0.1) is 13.2 Å². The van der Waals surface area contributed by atoms with Gasteiger partial charge in [-0.3, -0.25) is 4.79 Å². The molecule has 196 valence electrons. The minimum Gasteiger partial charge on any atom is -0.491 e. The van der Waals surface area contributed by atoms with E-state index in [1.54, 1.807) is 55.1 Å². The van der Waals surface area contributed by atoms with Crippen LogP contribution >= 0.6 is 0 Å². The average Bonchev–Trinajstić information content (AvgIpc) is 2.85. The van der Waals surface area contributed by atoms with Crippen molar-refractivity contribution in [2.75, 3.05) is 26.3 Å². The smallest absolute Gasteiger partial charge is 0.347 e. The minimum absolute atomic E-state index is 0.0325. The highest BCUT2D eigenvalue weighted by atomic mass is 19.1. The highest BCUT2D eigenvalue weighted by Gasteiger charge is 2.31. The summed E-state index contributed by atoms with van der Waals surface area (Å²) in [6.45, 7) is 8.83. The molecule has 1 saturated heterocycles. The number of nitrogens with one attached hydrogen (secondary N) is 1. The molecule has 2 N–H and O–H groups in total. The number of carboxylic acid groups (broad SMARTS) is 1. The van der Waals surface area contributed by atoms with E-state index in [0.717, 1.165) is 25.9 Å². The van der Waals surface area contributed by atoms with Crippen molar-refractivity contribution < 1.29 is 33.3 Å². The molecule has 1 amide bonds. The van der Waals surface area contributed by atoms with E-state index in [1.807, 2.05) is 0 Å². The number of hydrogen-bond donors (Lipinski definition) is 2. The maximum absolute atomic E-state index is 14.8. The van der Waals surface area contributed by atoms with E-state index in [1.165, 1.54) is 13.8 Å². The molecule has 0 spiro atoms. The predicted octanol–water partition coefficient (Wildman–Crippen LogP) is 4.26. The molecule has 1 heterocycles. The zero-order chi connectivity index (χ0) is 26.3. The van der Waals surface area contributed by atoms with Gasteiger partial charge in [-0.1, -0.05) is 6.07 Å². The Morgan fingerprint density at radius 3 is 2.25 bits per heavy atom. The molecule has 1 aliphatic heterocycles. The monoisotopic (exact) mass is 502 g/mol. The number of hydrogen-bond acceptors (Lipinski definition) is 6. The van der Waals surface area contributed by atoms with Crippen molar-refractivity contribution in [2.45, 2.75) is 58.7 Å². The van der Waals surface area contributed by atoms with Crippen molar-refractivity contribution in [1.29, 1.82) is 0 Å². The van der Waals surface area contributed by atoms with Gasteiger partial charge >= 0.3 is 5.97 Å². The third kappa shape index (κ3) is 6.66. The summed E-state index contributed by atoms with van der Waals surface area (Å²) < 4.78 is 31.4. The van der Waals surface area contributed by atoms with Crippen LogP contribution in [-0.2, 0) is 11.3 Å². The van der Waals surface area contributed by atoms with Crippen LogP contribution < -0.4 is 19.5 Å². The highest BCUT2D eigenvalue weighted by Crippen LogP contribution is 2.31. The van der Waals surface area contributed by atoms with E-state index in [0.29, 0.717) is 24.3 Å². The third-order valence-electron chi connectivity index (χ3n) is 6.00. The maximum Gasteiger partial charge on any atom is 0.347 e. The fourth-order valence-corrected chi connectivity index (χ4v) is 4.12. The number of amides is 1. The number of rotatable bonds is 11. The van der Waals surface area contributed by atoms with Gasteiger partial charge in [-0.2, -0.15) is 4.39 Å². The lowest BCUT2D eigenvalue weighted by molar-refractivity contribution is -0.152. The number of carbonyl (C=O) groups excluding carboxylic acids is 1. The van der Waals surface area contributed by atoms with Crippen molar-refractivity contribution in [3.8, 4) is 17.2 Å². The van der Waals surface area contributed by atoms with Crippen LogP contribution in [0, 0.1) is 5.82 Å². The van der Waals surface area contributed by atoms with Gasteiger partial charge in [-0.05, 0) is 89.5 Å². The molecule has 1 aliphatic rings. The van der Waals surface area contributed by atoms with E-state index in [-0.39, 0.29) is 35.7 Å². The van der Waals surface area contributed by atoms with Crippen LogP contribution in [0.1, 0.15) is 56.5 Å². The molecule has 0 saturated carbocycles. The van der Waals surface area contributed by atoms with Crippen LogP contribution in [0.3, 0.4) is 0 Å². The number of aliphatic carboxylic acids is 1. The van der Waals surface area contributed by atoms with Crippen LogP contribution in [0.5, 0.6) is 17.2 Å². The molecular weight excluding hydrogens is 467 g/mol. The fraction of sp³-hybridized carbons (Fsp3) is 0.481. The second-order valence-corrected chi connectivity index (χ2v) is 9.13. The molecule has 2 aromatic rings. The number of carbonyl (C=O) groups is 2. The largest absolute Gasteiger partial charge is 0.491 e. The summed E-state index contributed by atoms with van der Waals surface area (Å²) in [6.07, 6.45) is 1.54. The normalized spacial score (nSPS) is 14.2. The summed E-state index contributed by atoms with van der Waals surface area (Å²) in [7, 11) is 0. The number of nitrogens with zero attached hydrogens (tertiary/aromatic N) is 1. The molecule has 0 aromatic heterocycles. The van der Waals surface area contributed by atoms with E-state index in [4.69, 9.17) is 14.2 Å². The van der Waals surface area contributed by atoms with Crippen molar-refractivity contribution in [1.82, 2.24) is 10.2 Å². The van der Waals surface area contributed by atoms with Crippen LogP contribution in [0.25, 0.3) is 0 Å². The standard InChI is InChI=1S/C27H35FN2O6/c1-5-34-22-14-18(15-23(24(22)28)35-6-2)17-30(20-10-12-29-13-11-20)25(31)19-8-7-9-21(16-19)36-27(3,4)26(32)33/h7-9,14-16,20,29H,5-6,10-13,17H2,1-4H3,(H,32,33). The van der Waals surface area contributed by atoms with E-state index in [2.05, 4.69) is 5.32 Å². The fourth-order valence-electron chi connectivity index (χ4n) is 4.12. The number of piperidine rings is 1. The molecule has 2 aromatic carbocycles. The number of halogens is 1. The van der Waals surface area contributed by atoms with Gasteiger partial charge in [-0.15, -0.1) is 0 Å². The first-order chi connectivity index (χ1) is 17.2. The number of carboxylic acids is 1. The average molecular weight is 503 g/mol. The second kappa shape index (κ2) is 12.1. The van der Waals surface area contributed by atoms with Gasteiger partial charge in [-0.25, -0.2) is 4.79 Å². The first-order valence-corrected chi connectivity index (χ1v) is 12.3. The maximum atomic E-state index is 14.8. The third-order valence-corrected chi connectivity index (χ3v) is 6.00. The molecule has 36 heavy (non-hydrogen) atoms. The van der Waals surface area contributed by atoms with Crippen molar-refractivity contribution >= 4 is 11.9 Å². The van der Waals surface area contributed by atoms with Crippen LogP contribution in [-0.4, -0.2) is 59.8 Å². The van der Waals surface area contributed by atoms with Gasteiger partial charge in [0.2, 0.25) is 5.82 Å². The van der Waals surface area contributed by atoms with Gasteiger partial charge in [0.25, 0.3) is 5.91 Å². The first kappa shape index (κ1) is 27.3. The quantitative estimate of drug-likeness (QED) is 0.474. The number of ether oxygens (including phenoxy) is 3. The number of benzene rings is 2. The summed E-state index contributed by atoms with van der Waals surface area (Å²) in [5.41, 5.74) is -0.380. The Kier molecular flexibility index (Phi) is 9.14. The Hall–Kier alpha value is -3.33. The summed E-state index contributed by atoms with van der Waals surface area (Å²) >= 11 is 0.